The fourth-order valence-electron chi connectivity index (χ4n) is 1.46. The highest BCUT2D eigenvalue weighted by atomic mass is 16.5. The van der Waals surface area contributed by atoms with E-state index in [2.05, 4.69) is 0 Å². The number of carbonyl (C=O) groups is 1. The van der Waals surface area contributed by atoms with Crippen LogP contribution < -0.4 is 0 Å². The van der Waals surface area contributed by atoms with E-state index in [9.17, 15) is 9.90 Å². The van der Waals surface area contributed by atoms with E-state index in [1.54, 1.807) is 0 Å². The molecule has 0 saturated carbocycles. The van der Waals surface area contributed by atoms with Crippen LogP contribution in [-0.4, -0.2) is 28.9 Å². The molecule has 1 aromatic rings. The van der Waals surface area contributed by atoms with Gasteiger partial charge in [0.25, 0.3) is 0 Å². The van der Waals surface area contributed by atoms with Crippen LogP contribution in [0.25, 0.3) is 0 Å². The molecular formula is C13H18O4. The van der Waals surface area contributed by atoms with Crippen LogP contribution in [0, 0.1) is 0 Å². The number of carboxylic acids is 1. The maximum atomic E-state index is 10.3. The van der Waals surface area contributed by atoms with Crippen LogP contribution in [0.3, 0.4) is 0 Å². The summed E-state index contributed by atoms with van der Waals surface area (Å²) in [7, 11) is 0. The summed E-state index contributed by atoms with van der Waals surface area (Å²) in [5, 5.41) is 18.0. The second-order valence-corrected chi connectivity index (χ2v) is 3.94. The third kappa shape index (κ3) is 6.71. The Labute approximate surface area is 101 Å². The Bertz CT molecular complexity index is 323. The van der Waals surface area contributed by atoms with Crippen molar-refractivity contribution in [2.45, 2.75) is 32.0 Å². The predicted molar refractivity (Wildman–Crippen MR) is 63.6 cm³/mol. The van der Waals surface area contributed by atoms with Crippen molar-refractivity contribution >= 4 is 5.97 Å². The summed E-state index contributed by atoms with van der Waals surface area (Å²) >= 11 is 0. The van der Waals surface area contributed by atoms with Crippen molar-refractivity contribution in [3.63, 3.8) is 0 Å². The van der Waals surface area contributed by atoms with Gasteiger partial charge in [0.1, 0.15) is 0 Å². The lowest BCUT2D eigenvalue weighted by Crippen LogP contribution is -2.15. The summed E-state index contributed by atoms with van der Waals surface area (Å²) in [6, 6.07) is 9.71. The first-order chi connectivity index (χ1) is 8.18. The van der Waals surface area contributed by atoms with Gasteiger partial charge in [-0.15, -0.1) is 0 Å². The van der Waals surface area contributed by atoms with E-state index in [4.69, 9.17) is 9.84 Å². The van der Waals surface area contributed by atoms with E-state index in [0.717, 1.165) is 5.56 Å². The second kappa shape index (κ2) is 7.81. The van der Waals surface area contributed by atoms with Gasteiger partial charge in [0.05, 0.1) is 19.3 Å². The SMILES string of the molecule is O=C(O)CCCC(O)COCc1ccccc1. The number of rotatable bonds is 8. The minimum Gasteiger partial charge on any atom is -0.481 e. The molecule has 0 radical (unpaired) electrons. The van der Waals surface area contributed by atoms with Crippen LogP contribution in [-0.2, 0) is 16.1 Å². The lowest BCUT2D eigenvalue weighted by atomic mass is 10.1. The molecule has 94 valence electrons. The first kappa shape index (κ1) is 13.7. The van der Waals surface area contributed by atoms with Gasteiger partial charge in [-0.2, -0.15) is 0 Å². The highest BCUT2D eigenvalue weighted by Crippen LogP contribution is 2.04. The normalized spacial score (nSPS) is 12.3. The summed E-state index contributed by atoms with van der Waals surface area (Å²) in [6.07, 6.45) is 0.445. The largest absolute Gasteiger partial charge is 0.481 e. The molecule has 1 atom stereocenters. The average molecular weight is 238 g/mol. The van der Waals surface area contributed by atoms with Gasteiger partial charge in [0, 0.05) is 6.42 Å². The Balaban J connectivity index is 2.08. The van der Waals surface area contributed by atoms with E-state index in [1.165, 1.54) is 0 Å². The van der Waals surface area contributed by atoms with E-state index < -0.39 is 12.1 Å². The van der Waals surface area contributed by atoms with Crippen LogP contribution >= 0.6 is 0 Å². The van der Waals surface area contributed by atoms with Gasteiger partial charge in [-0.1, -0.05) is 30.3 Å². The Morgan fingerprint density at radius 1 is 1.29 bits per heavy atom. The molecule has 0 aromatic heterocycles. The molecule has 0 heterocycles. The van der Waals surface area contributed by atoms with Crippen molar-refractivity contribution in [1.29, 1.82) is 0 Å². The molecule has 2 N–H and O–H groups in total. The monoisotopic (exact) mass is 238 g/mol. The third-order valence-electron chi connectivity index (χ3n) is 2.35. The van der Waals surface area contributed by atoms with E-state index in [0.29, 0.717) is 19.4 Å². The number of benzene rings is 1. The summed E-state index contributed by atoms with van der Waals surface area (Å²) in [5.74, 6) is -0.831. The number of aliphatic carboxylic acids is 1. The standard InChI is InChI=1S/C13H18O4/c14-12(7-4-8-13(15)16)10-17-9-11-5-2-1-3-6-11/h1-3,5-6,12,14H,4,7-10H2,(H,15,16). The summed E-state index contributed by atoms with van der Waals surface area (Å²) < 4.78 is 5.34. The minimum atomic E-state index is -0.831. The highest BCUT2D eigenvalue weighted by molar-refractivity contribution is 5.66. The first-order valence-electron chi connectivity index (χ1n) is 5.70. The molecule has 1 aromatic carbocycles. The summed E-state index contributed by atoms with van der Waals surface area (Å²) in [6.45, 7) is 0.714. The predicted octanol–water partition coefficient (Wildman–Crippen LogP) is 1.82. The number of aliphatic hydroxyl groups is 1. The van der Waals surface area contributed by atoms with E-state index in [-0.39, 0.29) is 13.0 Å². The third-order valence-corrected chi connectivity index (χ3v) is 2.35. The van der Waals surface area contributed by atoms with Gasteiger partial charge in [-0.25, -0.2) is 0 Å². The molecule has 4 heteroatoms. The topological polar surface area (TPSA) is 66.8 Å². The van der Waals surface area contributed by atoms with Crippen molar-refractivity contribution in [1.82, 2.24) is 0 Å². The zero-order chi connectivity index (χ0) is 12.5. The molecule has 1 unspecified atom stereocenters. The molecule has 0 spiro atoms. The fourth-order valence-corrected chi connectivity index (χ4v) is 1.46. The van der Waals surface area contributed by atoms with Crippen molar-refractivity contribution in [2.24, 2.45) is 0 Å². The molecule has 0 aliphatic carbocycles. The number of hydrogen-bond acceptors (Lipinski definition) is 3. The van der Waals surface area contributed by atoms with Crippen LogP contribution in [0.4, 0.5) is 0 Å². The lowest BCUT2D eigenvalue weighted by Gasteiger charge is -2.10. The van der Waals surface area contributed by atoms with E-state index >= 15 is 0 Å². The number of ether oxygens (including phenoxy) is 1. The van der Waals surface area contributed by atoms with Gasteiger partial charge in [-0.3, -0.25) is 4.79 Å². The number of aliphatic hydroxyl groups excluding tert-OH is 1. The van der Waals surface area contributed by atoms with Gasteiger partial charge in [0.15, 0.2) is 0 Å². The molecule has 0 amide bonds. The maximum absolute atomic E-state index is 10.3. The fraction of sp³-hybridized carbons (Fsp3) is 0.462. The second-order valence-electron chi connectivity index (χ2n) is 3.94. The highest BCUT2D eigenvalue weighted by Gasteiger charge is 2.06. The zero-order valence-corrected chi connectivity index (χ0v) is 9.71. The Morgan fingerprint density at radius 3 is 2.65 bits per heavy atom. The molecular weight excluding hydrogens is 220 g/mol. The Kier molecular flexibility index (Phi) is 6.29. The smallest absolute Gasteiger partial charge is 0.303 e. The number of hydrogen-bond donors (Lipinski definition) is 2. The number of carboxylic acid groups (broad SMARTS) is 1. The summed E-state index contributed by atoms with van der Waals surface area (Å²) in [4.78, 5) is 10.3. The van der Waals surface area contributed by atoms with Crippen molar-refractivity contribution in [2.75, 3.05) is 6.61 Å². The van der Waals surface area contributed by atoms with Crippen LogP contribution in [0.5, 0.6) is 0 Å². The van der Waals surface area contributed by atoms with Gasteiger partial charge < -0.3 is 14.9 Å². The quantitative estimate of drug-likeness (QED) is 0.725. The molecule has 17 heavy (non-hydrogen) atoms. The molecule has 4 nitrogen and oxygen atoms in total. The Hall–Kier alpha value is -1.39. The molecule has 0 fully saturated rings. The van der Waals surface area contributed by atoms with Crippen molar-refractivity contribution < 1.29 is 19.7 Å². The molecule has 0 aliphatic rings. The zero-order valence-electron chi connectivity index (χ0n) is 9.71. The van der Waals surface area contributed by atoms with Crippen LogP contribution in [0.2, 0.25) is 0 Å². The van der Waals surface area contributed by atoms with E-state index in [1.807, 2.05) is 30.3 Å². The van der Waals surface area contributed by atoms with Crippen LogP contribution in [0.1, 0.15) is 24.8 Å². The van der Waals surface area contributed by atoms with Crippen LogP contribution in [0.15, 0.2) is 30.3 Å². The van der Waals surface area contributed by atoms with Crippen molar-refractivity contribution in [3.05, 3.63) is 35.9 Å². The van der Waals surface area contributed by atoms with Gasteiger partial charge in [-0.05, 0) is 18.4 Å². The average Bonchev–Trinajstić information content (AvgIpc) is 2.30. The lowest BCUT2D eigenvalue weighted by molar-refractivity contribution is -0.137. The molecule has 0 saturated heterocycles. The first-order valence-corrected chi connectivity index (χ1v) is 5.70. The van der Waals surface area contributed by atoms with Gasteiger partial charge in [0.2, 0.25) is 0 Å². The summed E-state index contributed by atoms with van der Waals surface area (Å²) in [5.41, 5.74) is 1.06. The minimum absolute atomic E-state index is 0.0930. The maximum Gasteiger partial charge on any atom is 0.303 e. The van der Waals surface area contributed by atoms with Crippen molar-refractivity contribution in [3.8, 4) is 0 Å². The molecule has 0 aliphatic heterocycles. The molecule has 1 rings (SSSR count). The van der Waals surface area contributed by atoms with Gasteiger partial charge >= 0.3 is 5.97 Å². The Morgan fingerprint density at radius 2 is 2.00 bits per heavy atom. The molecule has 0 bridgehead atoms.